The molecular formula is C23H28N4O3S3. The molecule has 4 heterocycles. The predicted octanol–water partition coefficient (Wildman–Crippen LogP) is 4.03. The monoisotopic (exact) mass is 504 g/mol. The van der Waals surface area contributed by atoms with E-state index in [2.05, 4.69) is 16.0 Å². The lowest BCUT2D eigenvalue weighted by Gasteiger charge is -2.37. The van der Waals surface area contributed by atoms with Gasteiger partial charge in [-0.1, -0.05) is 30.0 Å². The molecule has 1 spiro atoms. The summed E-state index contributed by atoms with van der Waals surface area (Å²) in [6, 6.07) is 11.2. The molecule has 2 aliphatic rings. The third kappa shape index (κ3) is 4.35. The number of H-pyrrole nitrogens is 1. The van der Waals surface area contributed by atoms with Crippen LogP contribution in [0, 0.1) is 0 Å². The van der Waals surface area contributed by atoms with Crippen LogP contribution in [-0.4, -0.2) is 75.0 Å². The number of ether oxygens (including phenoxy) is 1. The van der Waals surface area contributed by atoms with Crippen LogP contribution in [-0.2, 0) is 14.8 Å². The number of aliphatic imine (C=N–C) groups is 1. The number of thiophene rings is 1. The minimum Gasteiger partial charge on any atom is -0.383 e. The summed E-state index contributed by atoms with van der Waals surface area (Å²) in [5, 5.41) is 3.78. The molecule has 7 nitrogen and oxygen atoms in total. The van der Waals surface area contributed by atoms with Gasteiger partial charge in [0.15, 0.2) is 0 Å². The van der Waals surface area contributed by atoms with Crippen LogP contribution in [0.3, 0.4) is 0 Å². The molecule has 0 radical (unpaired) electrons. The Balaban J connectivity index is 1.36. The van der Waals surface area contributed by atoms with Gasteiger partial charge in [-0.15, -0.1) is 11.3 Å². The molecule has 33 heavy (non-hydrogen) atoms. The zero-order valence-corrected chi connectivity index (χ0v) is 21.2. The Bertz CT molecular complexity index is 1260. The lowest BCUT2D eigenvalue weighted by atomic mass is 9.96. The number of aromatic amines is 1. The van der Waals surface area contributed by atoms with Crippen molar-refractivity contribution in [1.82, 2.24) is 9.88 Å². The van der Waals surface area contributed by atoms with E-state index in [0.29, 0.717) is 9.90 Å². The Hall–Kier alpha value is -1.85. The van der Waals surface area contributed by atoms with Crippen LogP contribution in [0.2, 0.25) is 0 Å². The molecule has 1 saturated heterocycles. The van der Waals surface area contributed by atoms with E-state index in [1.54, 1.807) is 31.7 Å². The molecule has 0 unspecified atom stereocenters. The van der Waals surface area contributed by atoms with E-state index in [1.807, 2.05) is 30.0 Å². The Morgan fingerprint density at radius 1 is 1.24 bits per heavy atom. The normalized spacial score (nSPS) is 18.8. The fraction of sp³-hybridized carbons (Fsp3) is 0.435. The molecule has 0 amide bonds. The highest BCUT2D eigenvalue weighted by Crippen LogP contribution is 2.43. The number of nitrogens with one attached hydrogen (secondary N) is 1. The highest BCUT2D eigenvalue weighted by molar-refractivity contribution is 8.15. The van der Waals surface area contributed by atoms with Crippen LogP contribution in [0.4, 0.5) is 5.69 Å². The Kier molecular flexibility index (Phi) is 6.30. The SMILES string of the molecule is COCCN1CCC2(CC1)CN=C(c1cc3cccc(N(C)S(=O)(=O)c4cccs4)c3[nH]1)S2. The fourth-order valence-corrected chi connectivity index (χ4v) is 8.13. The number of hydrogen-bond donors (Lipinski definition) is 1. The van der Waals surface area contributed by atoms with Crippen LogP contribution in [0.1, 0.15) is 18.5 Å². The van der Waals surface area contributed by atoms with Crippen molar-refractivity contribution in [3.63, 3.8) is 0 Å². The summed E-state index contributed by atoms with van der Waals surface area (Å²) in [6.45, 7) is 4.73. The van der Waals surface area contributed by atoms with E-state index in [-0.39, 0.29) is 4.75 Å². The summed E-state index contributed by atoms with van der Waals surface area (Å²) in [7, 11) is -0.242. The highest BCUT2D eigenvalue weighted by Gasteiger charge is 2.40. The van der Waals surface area contributed by atoms with Gasteiger partial charge in [0.25, 0.3) is 10.0 Å². The van der Waals surface area contributed by atoms with Crippen molar-refractivity contribution in [1.29, 1.82) is 0 Å². The van der Waals surface area contributed by atoms with E-state index < -0.39 is 10.0 Å². The maximum absolute atomic E-state index is 13.1. The molecule has 0 bridgehead atoms. The third-order valence-electron chi connectivity index (χ3n) is 6.52. The van der Waals surface area contributed by atoms with Crippen molar-refractivity contribution >= 4 is 54.8 Å². The smallest absolute Gasteiger partial charge is 0.273 e. The maximum Gasteiger partial charge on any atom is 0.273 e. The first-order valence-corrected chi connectivity index (χ1v) is 14.1. The molecule has 2 aromatic heterocycles. The van der Waals surface area contributed by atoms with E-state index >= 15 is 0 Å². The van der Waals surface area contributed by atoms with Crippen LogP contribution in [0.5, 0.6) is 0 Å². The van der Waals surface area contributed by atoms with Gasteiger partial charge < -0.3 is 14.6 Å². The lowest BCUT2D eigenvalue weighted by molar-refractivity contribution is 0.127. The van der Waals surface area contributed by atoms with Crippen molar-refractivity contribution in [2.24, 2.45) is 4.99 Å². The number of sulfonamides is 1. The number of para-hydroxylation sites is 1. The Morgan fingerprint density at radius 3 is 2.79 bits per heavy atom. The van der Waals surface area contributed by atoms with Gasteiger partial charge in [-0.2, -0.15) is 0 Å². The number of methoxy groups -OCH3 is 1. The van der Waals surface area contributed by atoms with Gasteiger partial charge in [0.2, 0.25) is 0 Å². The fourth-order valence-electron chi connectivity index (χ4n) is 4.48. The lowest BCUT2D eigenvalue weighted by Crippen LogP contribution is -2.44. The van der Waals surface area contributed by atoms with Gasteiger partial charge >= 0.3 is 0 Å². The number of thioether (sulfide) groups is 1. The number of likely N-dealkylation sites (tertiary alicyclic amines) is 1. The first kappa shape index (κ1) is 22.9. The van der Waals surface area contributed by atoms with Gasteiger partial charge in [0.1, 0.15) is 9.25 Å². The molecule has 3 aromatic rings. The minimum atomic E-state index is -3.60. The van der Waals surface area contributed by atoms with Gasteiger partial charge in [-0.05, 0) is 49.5 Å². The minimum absolute atomic E-state index is 0.165. The van der Waals surface area contributed by atoms with Crippen molar-refractivity contribution in [3.05, 3.63) is 47.5 Å². The second kappa shape index (κ2) is 9.07. The number of benzene rings is 1. The van der Waals surface area contributed by atoms with Gasteiger partial charge in [-0.25, -0.2) is 8.42 Å². The van der Waals surface area contributed by atoms with Gasteiger partial charge in [0.05, 0.1) is 30.0 Å². The van der Waals surface area contributed by atoms with Gasteiger partial charge in [0, 0.05) is 30.8 Å². The van der Waals surface area contributed by atoms with Crippen LogP contribution in [0.25, 0.3) is 10.9 Å². The summed E-state index contributed by atoms with van der Waals surface area (Å²) < 4.78 is 33.2. The zero-order valence-electron chi connectivity index (χ0n) is 18.8. The molecule has 2 aliphatic heterocycles. The maximum atomic E-state index is 13.1. The number of fused-ring (bicyclic) bond motifs is 1. The van der Waals surface area contributed by atoms with Crippen molar-refractivity contribution in [3.8, 4) is 0 Å². The van der Waals surface area contributed by atoms with Crippen LogP contribution < -0.4 is 4.31 Å². The number of piperidine rings is 1. The molecule has 1 N–H and O–H groups in total. The molecule has 0 aliphatic carbocycles. The van der Waals surface area contributed by atoms with Crippen molar-refractivity contribution < 1.29 is 13.2 Å². The first-order chi connectivity index (χ1) is 15.9. The average molecular weight is 505 g/mol. The number of hydrogen-bond acceptors (Lipinski definition) is 7. The Labute approximate surface area is 202 Å². The predicted molar refractivity (Wildman–Crippen MR) is 137 cm³/mol. The van der Waals surface area contributed by atoms with E-state index in [9.17, 15) is 8.42 Å². The second-order valence-corrected chi connectivity index (χ2v) is 13.2. The summed E-state index contributed by atoms with van der Waals surface area (Å²) in [5.74, 6) is 0. The number of aromatic nitrogens is 1. The molecular weight excluding hydrogens is 476 g/mol. The third-order valence-corrected chi connectivity index (χ3v) is 11.2. The second-order valence-electron chi connectivity index (χ2n) is 8.57. The molecule has 10 heteroatoms. The molecule has 1 fully saturated rings. The number of rotatable bonds is 7. The molecule has 5 rings (SSSR count). The Morgan fingerprint density at radius 2 is 2.06 bits per heavy atom. The van der Waals surface area contributed by atoms with Crippen LogP contribution >= 0.6 is 23.1 Å². The first-order valence-electron chi connectivity index (χ1n) is 11.0. The van der Waals surface area contributed by atoms with Crippen molar-refractivity contribution in [2.75, 3.05) is 51.2 Å². The summed E-state index contributed by atoms with van der Waals surface area (Å²) in [6.07, 6.45) is 2.23. The molecule has 1 aromatic carbocycles. The number of anilines is 1. The van der Waals surface area contributed by atoms with Crippen LogP contribution in [0.15, 0.2) is 51.0 Å². The largest absolute Gasteiger partial charge is 0.383 e. The van der Waals surface area contributed by atoms with E-state index in [1.165, 1.54) is 15.6 Å². The van der Waals surface area contributed by atoms with Crippen molar-refractivity contribution in [2.45, 2.75) is 21.8 Å². The molecule has 0 saturated carbocycles. The van der Waals surface area contributed by atoms with Gasteiger partial charge in [-0.3, -0.25) is 9.30 Å². The quantitative estimate of drug-likeness (QED) is 0.526. The van der Waals surface area contributed by atoms with E-state index in [4.69, 9.17) is 9.73 Å². The molecule has 0 atom stereocenters. The average Bonchev–Trinajstić information content (AvgIpc) is 3.58. The highest BCUT2D eigenvalue weighted by atomic mass is 32.2. The summed E-state index contributed by atoms with van der Waals surface area (Å²) in [5.41, 5.74) is 2.41. The summed E-state index contributed by atoms with van der Waals surface area (Å²) >= 11 is 3.10. The zero-order chi connectivity index (χ0) is 23.1. The standard InChI is InChI=1S/C23H28N4O3S3/c1-26(33(28,29)20-7-4-14-31-20)19-6-3-5-17-15-18(25-21(17)19)22-24-16-23(32-22)8-10-27(11-9-23)12-13-30-2/h3-7,14-15,25H,8-13,16H2,1-2H3. The topological polar surface area (TPSA) is 78.0 Å². The summed E-state index contributed by atoms with van der Waals surface area (Å²) in [4.78, 5) is 10.9. The van der Waals surface area contributed by atoms with E-state index in [0.717, 1.165) is 67.3 Å². The number of nitrogens with zero attached hydrogens (tertiary/aromatic N) is 3. The molecule has 176 valence electrons.